The standard InChI is InChI=1S/C34H30BrCl2N3O4/c1-19(2)24-15-25(20(3)12-30(24)42-4)33-39-29-9-7-6-8-23(29)34(41)40(33)38-17-22-14-31(43-5)32(16-26(22)35)44-18-21-10-11-27(36)28(37)13-21/h6-17,19H,18H2,1-5H3. The molecule has 5 rings (SSSR count). The van der Waals surface area contributed by atoms with Crippen LogP contribution in [0.4, 0.5) is 0 Å². The summed E-state index contributed by atoms with van der Waals surface area (Å²) < 4.78 is 19.3. The van der Waals surface area contributed by atoms with Crippen molar-refractivity contribution in [3.8, 4) is 28.6 Å². The van der Waals surface area contributed by atoms with Gasteiger partial charge in [0.1, 0.15) is 12.4 Å². The van der Waals surface area contributed by atoms with E-state index in [2.05, 4.69) is 34.9 Å². The van der Waals surface area contributed by atoms with E-state index in [4.69, 9.17) is 42.4 Å². The molecule has 1 heterocycles. The van der Waals surface area contributed by atoms with Gasteiger partial charge in [-0.15, -0.1) is 0 Å². The summed E-state index contributed by atoms with van der Waals surface area (Å²) in [5, 5.41) is 6.07. The monoisotopic (exact) mass is 693 g/mol. The predicted molar refractivity (Wildman–Crippen MR) is 181 cm³/mol. The van der Waals surface area contributed by atoms with Crippen LogP contribution in [0.2, 0.25) is 10.0 Å². The number of aromatic nitrogens is 2. The van der Waals surface area contributed by atoms with Gasteiger partial charge in [-0.05, 0) is 94.0 Å². The minimum absolute atomic E-state index is 0.189. The van der Waals surface area contributed by atoms with Gasteiger partial charge in [0, 0.05) is 15.6 Å². The Morgan fingerprint density at radius 2 is 1.70 bits per heavy atom. The molecule has 4 aromatic carbocycles. The highest BCUT2D eigenvalue weighted by atomic mass is 79.9. The molecule has 0 fully saturated rings. The van der Waals surface area contributed by atoms with E-state index < -0.39 is 0 Å². The Labute approximate surface area is 274 Å². The molecule has 1 aromatic heterocycles. The number of methoxy groups -OCH3 is 2. The van der Waals surface area contributed by atoms with E-state index in [1.165, 1.54) is 4.68 Å². The molecule has 226 valence electrons. The molecule has 0 radical (unpaired) electrons. The molecule has 5 aromatic rings. The van der Waals surface area contributed by atoms with E-state index in [0.29, 0.717) is 48.3 Å². The van der Waals surface area contributed by atoms with Crippen LogP contribution in [-0.2, 0) is 6.61 Å². The number of fused-ring (bicyclic) bond motifs is 1. The van der Waals surface area contributed by atoms with Crippen LogP contribution in [0.5, 0.6) is 17.2 Å². The molecule has 0 aliphatic rings. The molecule has 10 heteroatoms. The molecule has 0 aliphatic heterocycles. The summed E-state index contributed by atoms with van der Waals surface area (Å²) in [6.45, 7) is 6.42. The summed E-state index contributed by atoms with van der Waals surface area (Å²) in [4.78, 5) is 18.7. The van der Waals surface area contributed by atoms with Gasteiger partial charge in [-0.25, -0.2) is 4.98 Å². The van der Waals surface area contributed by atoms with Crippen molar-refractivity contribution >= 4 is 56.2 Å². The number of para-hydroxylation sites is 1. The molecular weight excluding hydrogens is 665 g/mol. The lowest BCUT2D eigenvalue weighted by atomic mass is 9.96. The molecule has 0 saturated carbocycles. The number of ether oxygens (including phenoxy) is 3. The number of rotatable bonds is 9. The van der Waals surface area contributed by atoms with Gasteiger partial charge in [0.15, 0.2) is 17.3 Å². The van der Waals surface area contributed by atoms with Crippen LogP contribution in [0.1, 0.15) is 42.0 Å². The highest BCUT2D eigenvalue weighted by Gasteiger charge is 2.19. The van der Waals surface area contributed by atoms with E-state index in [9.17, 15) is 4.79 Å². The zero-order valence-electron chi connectivity index (χ0n) is 24.8. The van der Waals surface area contributed by atoms with E-state index >= 15 is 0 Å². The highest BCUT2D eigenvalue weighted by molar-refractivity contribution is 9.10. The van der Waals surface area contributed by atoms with Crippen molar-refractivity contribution in [2.75, 3.05) is 14.2 Å². The molecule has 0 spiro atoms. The van der Waals surface area contributed by atoms with Gasteiger partial charge in [-0.3, -0.25) is 4.79 Å². The third-order valence-corrected chi connectivity index (χ3v) is 8.59. The van der Waals surface area contributed by atoms with Gasteiger partial charge >= 0.3 is 0 Å². The van der Waals surface area contributed by atoms with Gasteiger partial charge < -0.3 is 14.2 Å². The first-order valence-corrected chi connectivity index (χ1v) is 15.4. The average molecular weight is 695 g/mol. The Bertz CT molecular complexity index is 1960. The van der Waals surface area contributed by atoms with Gasteiger partial charge in [0.05, 0.1) is 41.4 Å². The van der Waals surface area contributed by atoms with Gasteiger partial charge in [-0.1, -0.05) is 55.2 Å². The van der Waals surface area contributed by atoms with Crippen LogP contribution in [0.15, 0.2) is 81.1 Å². The minimum Gasteiger partial charge on any atom is -0.496 e. The summed E-state index contributed by atoms with van der Waals surface area (Å²) in [5.41, 5.74) is 4.53. The van der Waals surface area contributed by atoms with Crippen LogP contribution >= 0.6 is 39.1 Å². The van der Waals surface area contributed by atoms with Crippen LogP contribution in [0, 0.1) is 6.92 Å². The molecule has 0 N–H and O–H groups in total. The maximum atomic E-state index is 13.8. The molecule has 0 bridgehead atoms. The third-order valence-electron chi connectivity index (χ3n) is 7.17. The number of aryl methyl sites for hydroxylation is 1. The molecule has 0 saturated heterocycles. The largest absolute Gasteiger partial charge is 0.496 e. The number of benzene rings is 4. The maximum absolute atomic E-state index is 13.8. The van der Waals surface area contributed by atoms with Crippen LogP contribution in [-0.4, -0.2) is 30.1 Å². The van der Waals surface area contributed by atoms with Gasteiger partial charge in [-0.2, -0.15) is 9.78 Å². The van der Waals surface area contributed by atoms with Crippen molar-refractivity contribution in [1.82, 2.24) is 9.66 Å². The second-order valence-corrected chi connectivity index (χ2v) is 12.1. The first kappa shape index (κ1) is 31.6. The molecule has 44 heavy (non-hydrogen) atoms. The zero-order chi connectivity index (χ0) is 31.5. The zero-order valence-corrected chi connectivity index (χ0v) is 27.9. The van der Waals surface area contributed by atoms with Crippen molar-refractivity contribution in [2.24, 2.45) is 5.10 Å². The molecule has 0 amide bonds. The van der Waals surface area contributed by atoms with E-state index in [1.54, 1.807) is 50.8 Å². The molecule has 0 unspecified atom stereocenters. The second kappa shape index (κ2) is 13.4. The first-order valence-electron chi connectivity index (χ1n) is 13.8. The first-order chi connectivity index (χ1) is 21.1. The highest BCUT2D eigenvalue weighted by Crippen LogP contribution is 2.36. The Kier molecular flexibility index (Phi) is 9.63. The third kappa shape index (κ3) is 6.48. The SMILES string of the molecule is COc1cc(C=Nn2c(-c3cc(C(C)C)c(OC)cc3C)nc3ccccc3c2=O)c(Br)cc1OCc1ccc(Cl)c(Cl)c1. The van der Waals surface area contributed by atoms with E-state index in [1.807, 2.05) is 43.3 Å². The second-order valence-electron chi connectivity index (χ2n) is 10.4. The predicted octanol–water partition coefficient (Wildman–Crippen LogP) is 9.04. The fraction of sp³-hybridized carbons (Fsp3) is 0.206. The normalized spacial score (nSPS) is 11.5. The fourth-order valence-corrected chi connectivity index (χ4v) is 5.55. The Morgan fingerprint density at radius 1 is 0.955 bits per heavy atom. The van der Waals surface area contributed by atoms with Crippen molar-refractivity contribution in [3.63, 3.8) is 0 Å². The summed E-state index contributed by atoms with van der Waals surface area (Å²) >= 11 is 15.8. The smallest absolute Gasteiger partial charge is 0.282 e. The number of hydrogen-bond acceptors (Lipinski definition) is 6. The van der Waals surface area contributed by atoms with Crippen molar-refractivity contribution in [3.05, 3.63) is 114 Å². The van der Waals surface area contributed by atoms with Crippen LogP contribution < -0.4 is 19.8 Å². The number of halogens is 3. The summed E-state index contributed by atoms with van der Waals surface area (Å²) in [5.74, 6) is 2.41. The fourth-order valence-electron chi connectivity index (χ4n) is 4.80. The van der Waals surface area contributed by atoms with Crippen molar-refractivity contribution in [2.45, 2.75) is 33.3 Å². The lowest BCUT2D eigenvalue weighted by Gasteiger charge is -2.17. The average Bonchev–Trinajstić information content (AvgIpc) is 3.01. The topological polar surface area (TPSA) is 74.9 Å². The molecule has 0 aliphatic carbocycles. The molecule has 0 atom stereocenters. The lowest BCUT2D eigenvalue weighted by Crippen LogP contribution is -2.21. The van der Waals surface area contributed by atoms with Crippen LogP contribution in [0.25, 0.3) is 22.3 Å². The molecule has 7 nitrogen and oxygen atoms in total. The summed E-state index contributed by atoms with van der Waals surface area (Å²) in [6, 6.07) is 20.2. The lowest BCUT2D eigenvalue weighted by molar-refractivity contribution is 0.284. The van der Waals surface area contributed by atoms with Crippen molar-refractivity contribution < 1.29 is 14.2 Å². The van der Waals surface area contributed by atoms with Crippen LogP contribution in [0.3, 0.4) is 0 Å². The summed E-state index contributed by atoms with van der Waals surface area (Å²) in [6.07, 6.45) is 1.60. The minimum atomic E-state index is -0.284. The van der Waals surface area contributed by atoms with Crippen molar-refractivity contribution in [1.29, 1.82) is 0 Å². The Morgan fingerprint density at radius 3 is 2.41 bits per heavy atom. The van der Waals surface area contributed by atoms with Gasteiger partial charge in [0.2, 0.25) is 0 Å². The van der Waals surface area contributed by atoms with E-state index in [0.717, 1.165) is 28.0 Å². The molecular formula is C34H30BrCl2N3O4. The Hall–Kier alpha value is -3.85. The number of hydrogen-bond donors (Lipinski definition) is 0. The quantitative estimate of drug-likeness (QED) is 0.144. The number of nitrogens with zero attached hydrogens (tertiary/aromatic N) is 3. The summed E-state index contributed by atoms with van der Waals surface area (Å²) in [7, 11) is 3.22. The van der Waals surface area contributed by atoms with E-state index in [-0.39, 0.29) is 18.1 Å². The maximum Gasteiger partial charge on any atom is 0.282 e. The Balaban J connectivity index is 1.58. The van der Waals surface area contributed by atoms with Gasteiger partial charge in [0.25, 0.3) is 5.56 Å².